The van der Waals surface area contributed by atoms with Gasteiger partial charge in [-0.05, 0) is 32.4 Å². The minimum absolute atomic E-state index is 0. The largest absolute Gasteiger partial charge is 0.417 e. The number of nitrogens with zero attached hydrogens (tertiary/aromatic N) is 3. The van der Waals surface area contributed by atoms with Gasteiger partial charge in [-0.15, -0.1) is 0 Å². The van der Waals surface area contributed by atoms with Crippen molar-refractivity contribution in [3.05, 3.63) is 27.9 Å². The van der Waals surface area contributed by atoms with Crippen LogP contribution >= 0.6 is 11.6 Å². The number of halogens is 3. The fourth-order valence-corrected chi connectivity index (χ4v) is 2.21. The van der Waals surface area contributed by atoms with E-state index in [1.807, 2.05) is 6.92 Å². The quantitative estimate of drug-likeness (QED) is 0.847. The van der Waals surface area contributed by atoms with Gasteiger partial charge in [0.2, 0.25) is 5.88 Å². The third kappa shape index (κ3) is 3.32. The lowest BCUT2D eigenvalue weighted by atomic mass is 10.1. The molecule has 0 spiro atoms. The van der Waals surface area contributed by atoms with E-state index in [0.717, 1.165) is 5.56 Å². The first-order valence-electron chi connectivity index (χ1n) is 5.93. The molecule has 7 heteroatoms. The molecule has 0 atom stereocenters. The van der Waals surface area contributed by atoms with Crippen molar-refractivity contribution >= 4 is 11.6 Å². The number of hydrogen-bond acceptors (Lipinski definition) is 3. The Hall–Kier alpha value is -1.69. The number of hydrogen-bond donors (Lipinski definition) is 0. The molecule has 0 amide bonds. The predicted octanol–water partition coefficient (Wildman–Crippen LogP) is 4.30. The highest BCUT2D eigenvalue weighted by Gasteiger charge is 2.20. The van der Waals surface area contributed by atoms with Crippen molar-refractivity contribution in [2.75, 3.05) is 0 Å². The van der Waals surface area contributed by atoms with Crippen LogP contribution in [0.15, 0.2) is 6.07 Å². The highest BCUT2D eigenvalue weighted by molar-refractivity contribution is 6.31. The first kappa shape index (κ1) is 17.4. The number of pyridine rings is 1. The molecule has 0 bridgehead atoms. The van der Waals surface area contributed by atoms with Crippen molar-refractivity contribution in [2.45, 2.75) is 34.8 Å². The molecule has 0 aliphatic rings. The lowest BCUT2D eigenvalue weighted by Crippen LogP contribution is -2.06. The molecule has 2 aromatic heterocycles. The normalized spacial score (nSPS) is 10.7. The Morgan fingerprint density at radius 2 is 1.86 bits per heavy atom. The number of ether oxygens (including phenoxy) is 1. The third-order valence-electron chi connectivity index (χ3n) is 2.99. The monoisotopic (exact) mass is 317 g/mol. The molecule has 2 heterocycles. The highest BCUT2D eigenvalue weighted by Crippen LogP contribution is 2.32. The summed E-state index contributed by atoms with van der Waals surface area (Å²) in [5, 5.41) is 4.78. The van der Waals surface area contributed by atoms with Crippen LogP contribution in [-0.2, 0) is 7.05 Å². The van der Waals surface area contributed by atoms with Gasteiger partial charge in [-0.1, -0.05) is 19.0 Å². The van der Waals surface area contributed by atoms with Gasteiger partial charge in [0.05, 0.1) is 16.4 Å². The summed E-state index contributed by atoms with van der Waals surface area (Å²) in [6.07, 6.45) is 0. The van der Waals surface area contributed by atoms with Gasteiger partial charge in [0.15, 0.2) is 0 Å². The van der Waals surface area contributed by atoms with E-state index < -0.39 is 6.61 Å². The average Bonchev–Trinajstić information content (AvgIpc) is 2.61. The van der Waals surface area contributed by atoms with Gasteiger partial charge in [-0.25, -0.2) is 9.67 Å². The second-order valence-corrected chi connectivity index (χ2v) is 4.91. The maximum Gasteiger partial charge on any atom is 0.388 e. The van der Waals surface area contributed by atoms with E-state index in [1.54, 1.807) is 27.0 Å². The van der Waals surface area contributed by atoms with Crippen LogP contribution in [-0.4, -0.2) is 21.4 Å². The van der Waals surface area contributed by atoms with E-state index in [1.165, 1.54) is 4.68 Å². The van der Waals surface area contributed by atoms with Crippen LogP contribution in [0.3, 0.4) is 0 Å². The van der Waals surface area contributed by atoms with Crippen LogP contribution in [0.25, 0.3) is 11.4 Å². The molecule has 116 valence electrons. The maximum atomic E-state index is 12.4. The van der Waals surface area contributed by atoms with Gasteiger partial charge >= 0.3 is 6.61 Å². The van der Waals surface area contributed by atoms with E-state index in [9.17, 15) is 8.78 Å². The zero-order valence-corrected chi connectivity index (χ0v) is 12.3. The summed E-state index contributed by atoms with van der Waals surface area (Å²) in [5.41, 5.74) is 3.13. The summed E-state index contributed by atoms with van der Waals surface area (Å²) in [5.74, 6) is 0.0313. The van der Waals surface area contributed by atoms with Crippen molar-refractivity contribution in [1.82, 2.24) is 14.8 Å². The van der Waals surface area contributed by atoms with Crippen LogP contribution in [0, 0.1) is 20.8 Å². The summed E-state index contributed by atoms with van der Waals surface area (Å²) in [4.78, 5) is 4.39. The van der Waals surface area contributed by atoms with Crippen LogP contribution < -0.4 is 4.74 Å². The van der Waals surface area contributed by atoms with E-state index in [0.29, 0.717) is 27.7 Å². The highest BCUT2D eigenvalue weighted by atomic mass is 35.5. The zero-order chi connectivity index (χ0) is 15.0. The molecule has 0 saturated carbocycles. The van der Waals surface area contributed by atoms with Crippen molar-refractivity contribution in [3.63, 3.8) is 0 Å². The smallest absolute Gasteiger partial charge is 0.388 e. The summed E-state index contributed by atoms with van der Waals surface area (Å²) in [6, 6.07) is 1.78. The minimum atomic E-state index is -2.89. The molecule has 0 unspecified atom stereocenters. The van der Waals surface area contributed by atoms with E-state index in [-0.39, 0.29) is 13.3 Å². The molecule has 0 aliphatic carbocycles. The number of rotatable bonds is 3. The molecule has 2 aromatic rings. The van der Waals surface area contributed by atoms with Gasteiger partial charge in [0.1, 0.15) is 5.69 Å². The lowest BCUT2D eigenvalue weighted by molar-refractivity contribution is -0.0557. The Kier molecular flexibility index (Phi) is 5.28. The first-order valence-corrected chi connectivity index (χ1v) is 6.31. The summed E-state index contributed by atoms with van der Waals surface area (Å²) in [7, 11) is 1.55. The minimum Gasteiger partial charge on any atom is -0.417 e. The average molecular weight is 318 g/mol. The van der Waals surface area contributed by atoms with E-state index in [4.69, 9.17) is 11.6 Å². The Bertz CT molecular complexity index is 656. The first-order chi connectivity index (χ1) is 9.31. The maximum absolute atomic E-state index is 12.4. The van der Waals surface area contributed by atoms with Crippen LogP contribution in [0.2, 0.25) is 5.02 Å². The summed E-state index contributed by atoms with van der Waals surface area (Å²) < 4.78 is 30.5. The molecule has 4 nitrogen and oxygen atoms in total. The summed E-state index contributed by atoms with van der Waals surface area (Å²) >= 11 is 6.01. The van der Waals surface area contributed by atoms with Crippen molar-refractivity contribution < 1.29 is 13.5 Å². The van der Waals surface area contributed by atoms with E-state index in [2.05, 4.69) is 14.8 Å². The Morgan fingerprint density at radius 3 is 2.43 bits per heavy atom. The second-order valence-electron chi connectivity index (χ2n) is 4.50. The molecule has 0 N–H and O–H groups in total. The van der Waals surface area contributed by atoms with Gasteiger partial charge in [-0.2, -0.15) is 13.9 Å². The van der Waals surface area contributed by atoms with Crippen molar-refractivity contribution in [3.8, 4) is 17.3 Å². The number of aryl methyl sites for hydroxylation is 3. The molecule has 0 radical (unpaired) electrons. The van der Waals surface area contributed by atoms with Gasteiger partial charge < -0.3 is 4.74 Å². The summed E-state index contributed by atoms with van der Waals surface area (Å²) in [6.45, 7) is 2.40. The molecule has 0 saturated heterocycles. The Morgan fingerprint density at radius 1 is 1.24 bits per heavy atom. The predicted molar refractivity (Wildman–Crippen MR) is 79.0 cm³/mol. The Labute approximate surface area is 127 Å². The lowest BCUT2D eigenvalue weighted by Gasteiger charge is -2.07. The second kappa shape index (κ2) is 6.39. The molecule has 0 aromatic carbocycles. The molecule has 0 aliphatic heterocycles. The topological polar surface area (TPSA) is 39.9 Å². The van der Waals surface area contributed by atoms with Gasteiger partial charge in [0, 0.05) is 12.6 Å². The van der Waals surface area contributed by atoms with Crippen LogP contribution in [0.5, 0.6) is 5.88 Å². The van der Waals surface area contributed by atoms with Crippen LogP contribution in [0.1, 0.15) is 24.2 Å². The molecule has 2 rings (SSSR count). The molecule has 0 fully saturated rings. The SMILES string of the molecule is C.Cc1cc(Cl)c(C)nc1-c1nn(C)c(OC(F)F)c1C. The molecular weight excluding hydrogens is 300 g/mol. The van der Waals surface area contributed by atoms with Gasteiger partial charge in [0.25, 0.3) is 0 Å². The van der Waals surface area contributed by atoms with Gasteiger partial charge in [-0.3, -0.25) is 0 Å². The molecular formula is C14H18ClF2N3O. The standard InChI is InChI=1S/C13H14ClF2N3O.CH4/c1-6-5-9(14)8(3)17-10(6)11-7(2)12(19(4)18-11)20-13(15)16;/h5,13H,1-4H3;1H4. The number of aromatic nitrogens is 3. The van der Waals surface area contributed by atoms with Crippen molar-refractivity contribution in [1.29, 1.82) is 0 Å². The van der Waals surface area contributed by atoms with Crippen LogP contribution in [0.4, 0.5) is 8.78 Å². The third-order valence-corrected chi connectivity index (χ3v) is 3.37. The van der Waals surface area contributed by atoms with E-state index >= 15 is 0 Å². The number of alkyl halides is 2. The fourth-order valence-electron chi connectivity index (χ4n) is 2.00. The molecule has 21 heavy (non-hydrogen) atoms. The Balaban J connectivity index is 0.00000220. The zero-order valence-electron chi connectivity index (χ0n) is 11.5. The fraction of sp³-hybridized carbons (Fsp3) is 0.429. The van der Waals surface area contributed by atoms with Crippen molar-refractivity contribution in [2.24, 2.45) is 7.05 Å².